The van der Waals surface area contributed by atoms with Crippen LogP contribution in [0.2, 0.25) is 0 Å². The Labute approximate surface area is 76.3 Å². The lowest BCUT2D eigenvalue weighted by Crippen LogP contribution is -2.11. The van der Waals surface area contributed by atoms with Gasteiger partial charge in [0.2, 0.25) is 5.12 Å². The van der Waals surface area contributed by atoms with E-state index < -0.39 is 35.9 Å². The summed E-state index contributed by atoms with van der Waals surface area (Å²) in [5.41, 5.74) is 0. The molecule has 1 N–H and O–H groups in total. The Kier molecular flexibility index (Phi) is 5.01. The van der Waals surface area contributed by atoms with Crippen molar-refractivity contribution in [2.75, 3.05) is 6.61 Å². The van der Waals surface area contributed by atoms with Crippen molar-refractivity contribution in [2.24, 2.45) is 0 Å². The predicted molar refractivity (Wildman–Crippen MR) is 40.0 cm³/mol. The Morgan fingerprint density at radius 2 is 1.77 bits per heavy atom. The predicted octanol–water partition coefficient (Wildman–Crippen LogP) is 1.11. The minimum atomic E-state index is -4.39. The van der Waals surface area contributed by atoms with Crippen LogP contribution in [0.25, 0.3) is 0 Å². The van der Waals surface area contributed by atoms with E-state index >= 15 is 0 Å². The van der Waals surface area contributed by atoms with Gasteiger partial charge in [0.15, 0.2) is 5.12 Å². The molecule has 7 heteroatoms. The summed E-state index contributed by atoms with van der Waals surface area (Å²) in [4.78, 5) is 20.9. The van der Waals surface area contributed by atoms with E-state index in [9.17, 15) is 22.8 Å². The molecule has 0 rings (SSSR count). The molecule has 0 aromatic rings. The molecule has 0 unspecified atom stereocenters. The van der Waals surface area contributed by atoms with Crippen LogP contribution >= 0.6 is 11.8 Å². The number of rotatable bonds is 3. The molecule has 0 aromatic carbocycles. The van der Waals surface area contributed by atoms with Crippen LogP contribution in [0.15, 0.2) is 0 Å². The van der Waals surface area contributed by atoms with Gasteiger partial charge in [-0.3, -0.25) is 9.59 Å². The number of alkyl halides is 3. The van der Waals surface area contributed by atoms with Crippen LogP contribution in [0.5, 0.6) is 0 Å². The molecule has 0 aliphatic carbocycles. The van der Waals surface area contributed by atoms with Crippen molar-refractivity contribution in [2.45, 2.75) is 19.0 Å². The first kappa shape index (κ1) is 12.4. The molecule has 0 saturated carbocycles. The molecule has 0 spiro atoms. The first-order valence-electron chi connectivity index (χ1n) is 3.26. The Balaban J connectivity index is 3.70. The zero-order chi connectivity index (χ0) is 10.5. The van der Waals surface area contributed by atoms with E-state index in [1.165, 1.54) is 0 Å². The minimum absolute atomic E-state index is 0.112. The maximum Gasteiger partial charge on any atom is 0.389 e. The number of carbonyl (C=O) groups is 2. The van der Waals surface area contributed by atoms with E-state index in [1.807, 2.05) is 0 Å². The summed E-state index contributed by atoms with van der Waals surface area (Å²) in [6.07, 6.45) is -6.37. The van der Waals surface area contributed by atoms with Gasteiger partial charge in [-0.05, 0) is 11.8 Å². The fourth-order valence-corrected chi connectivity index (χ4v) is 0.977. The quantitative estimate of drug-likeness (QED) is 0.767. The number of aliphatic hydroxyl groups is 1. The summed E-state index contributed by atoms with van der Waals surface area (Å²) in [7, 11) is 0. The Bertz CT molecular complexity index is 202. The van der Waals surface area contributed by atoms with Crippen LogP contribution in [0.1, 0.15) is 12.8 Å². The molecular weight excluding hydrogens is 209 g/mol. The molecule has 13 heavy (non-hydrogen) atoms. The van der Waals surface area contributed by atoms with Gasteiger partial charge in [0.05, 0.1) is 6.42 Å². The van der Waals surface area contributed by atoms with Gasteiger partial charge in [-0.2, -0.15) is 13.2 Å². The number of halogens is 3. The van der Waals surface area contributed by atoms with Crippen molar-refractivity contribution in [3.8, 4) is 0 Å². The number of hydrogen-bond donors (Lipinski definition) is 1. The smallest absolute Gasteiger partial charge is 0.388 e. The molecule has 0 fully saturated rings. The summed E-state index contributed by atoms with van der Waals surface area (Å²) in [5.74, 6) is 0. The van der Waals surface area contributed by atoms with Crippen LogP contribution in [0.4, 0.5) is 13.2 Å². The summed E-state index contributed by atoms with van der Waals surface area (Å²) >= 11 is 0.112. The molecule has 0 aliphatic heterocycles. The van der Waals surface area contributed by atoms with Gasteiger partial charge in [-0.15, -0.1) is 0 Å². The first-order chi connectivity index (χ1) is 5.85. The third-order valence-corrected chi connectivity index (χ3v) is 1.76. The van der Waals surface area contributed by atoms with Gasteiger partial charge in [0, 0.05) is 6.42 Å². The lowest BCUT2D eigenvalue weighted by atomic mass is 10.3. The van der Waals surface area contributed by atoms with Crippen molar-refractivity contribution in [3.63, 3.8) is 0 Å². The number of thioether (sulfide) groups is 1. The second-order valence-electron chi connectivity index (χ2n) is 2.12. The normalized spacial score (nSPS) is 11.4. The average molecular weight is 216 g/mol. The van der Waals surface area contributed by atoms with E-state index in [0.29, 0.717) is 0 Å². The highest BCUT2D eigenvalue weighted by Gasteiger charge is 2.28. The van der Waals surface area contributed by atoms with Gasteiger partial charge in [-0.1, -0.05) is 0 Å². The van der Waals surface area contributed by atoms with Gasteiger partial charge >= 0.3 is 6.18 Å². The van der Waals surface area contributed by atoms with Crippen molar-refractivity contribution in [1.29, 1.82) is 0 Å². The standard InChI is InChI=1S/C6H7F3O3S/c7-6(8,9)2-1-4(11)13-5(12)3-10/h10H,1-3H2. The Hall–Kier alpha value is -0.560. The van der Waals surface area contributed by atoms with Crippen molar-refractivity contribution >= 4 is 22.0 Å². The highest BCUT2D eigenvalue weighted by molar-refractivity contribution is 8.26. The highest BCUT2D eigenvalue weighted by Crippen LogP contribution is 2.23. The molecule has 0 saturated heterocycles. The zero-order valence-corrected chi connectivity index (χ0v) is 7.24. The zero-order valence-electron chi connectivity index (χ0n) is 6.43. The fraction of sp³-hybridized carbons (Fsp3) is 0.667. The molecule has 0 radical (unpaired) electrons. The van der Waals surface area contributed by atoms with Crippen molar-refractivity contribution in [3.05, 3.63) is 0 Å². The monoisotopic (exact) mass is 216 g/mol. The average Bonchev–Trinajstić information content (AvgIpc) is 1.99. The summed E-state index contributed by atoms with van der Waals surface area (Å²) in [5, 5.41) is 6.45. The third kappa shape index (κ3) is 7.79. The first-order valence-corrected chi connectivity index (χ1v) is 4.08. The summed E-state index contributed by atoms with van der Waals surface area (Å²) < 4.78 is 34.6. The summed E-state index contributed by atoms with van der Waals surface area (Å²) in [6, 6.07) is 0. The SMILES string of the molecule is O=C(CO)SC(=O)CCC(F)(F)F. The lowest BCUT2D eigenvalue weighted by Gasteiger charge is -2.03. The second kappa shape index (κ2) is 5.23. The molecule has 0 aliphatic rings. The lowest BCUT2D eigenvalue weighted by molar-refractivity contribution is -0.140. The molecular formula is C6H7F3O3S. The molecule has 0 amide bonds. The van der Waals surface area contributed by atoms with Gasteiger partial charge in [0.1, 0.15) is 6.61 Å². The largest absolute Gasteiger partial charge is 0.389 e. The number of aliphatic hydroxyl groups excluding tert-OH is 1. The van der Waals surface area contributed by atoms with Gasteiger partial charge in [0.25, 0.3) is 0 Å². The maximum atomic E-state index is 11.5. The fourth-order valence-electron chi connectivity index (χ4n) is 0.454. The molecule has 0 aromatic heterocycles. The minimum Gasteiger partial charge on any atom is -0.388 e. The van der Waals surface area contributed by atoms with Crippen LogP contribution in [-0.2, 0) is 9.59 Å². The Morgan fingerprint density at radius 1 is 1.23 bits per heavy atom. The van der Waals surface area contributed by atoms with Crippen LogP contribution in [0, 0.1) is 0 Å². The van der Waals surface area contributed by atoms with E-state index in [1.54, 1.807) is 0 Å². The van der Waals surface area contributed by atoms with E-state index in [4.69, 9.17) is 5.11 Å². The van der Waals surface area contributed by atoms with Crippen molar-refractivity contribution < 1.29 is 27.9 Å². The van der Waals surface area contributed by atoms with Gasteiger partial charge in [-0.25, -0.2) is 0 Å². The highest BCUT2D eigenvalue weighted by atomic mass is 32.2. The molecule has 0 atom stereocenters. The van der Waals surface area contributed by atoms with Crippen LogP contribution < -0.4 is 0 Å². The van der Waals surface area contributed by atoms with E-state index in [2.05, 4.69) is 0 Å². The maximum absolute atomic E-state index is 11.5. The molecule has 3 nitrogen and oxygen atoms in total. The van der Waals surface area contributed by atoms with Gasteiger partial charge < -0.3 is 5.11 Å². The van der Waals surface area contributed by atoms with Crippen molar-refractivity contribution in [1.82, 2.24) is 0 Å². The van der Waals surface area contributed by atoms with E-state index in [0.717, 1.165) is 0 Å². The van der Waals surface area contributed by atoms with Crippen LogP contribution in [-0.4, -0.2) is 28.1 Å². The Morgan fingerprint density at radius 3 is 2.15 bits per heavy atom. The molecule has 76 valence electrons. The molecule has 0 heterocycles. The topological polar surface area (TPSA) is 54.4 Å². The third-order valence-electron chi connectivity index (χ3n) is 0.969. The number of carbonyl (C=O) groups excluding carboxylic acids is 2. The number of hydrogen-bond acceptors (Lipinski definition) is 4. The second-order valence-corrected chi connectivity index (χ2v) is 3.23. The van der Waals surface area contributed by atoms with E-state index in [-0.39, 0.29) is 11.8 Å². The summed E-state index contributed by atoms with van der Waals surface area (Å²) in [6.45, 7) is -0.845. The van der Waals surface area contributed by atoms with Crippen LogP contribution in [0.3, 0.4) is 0 Å². The molecule has 0 bridgehead atoms.